The fourth-order valence-electron chi connectivity index (χ4n) is 1.35. The molecule has 0 aliphatic carbocycles. The molecule has 0 atom stereocenters. The first kappa shape index (κ1) is 15.8. The van der Waals surface area contributed by atoms with Gasteiger partial charge in [0.1, 0.15) is 18.8 Å². The van der Waals surface area contributed by atoms with Crippen LogP contribution in [-0.2, 0) is 14.4 Å². The number of carboxylic acids is 2. The average Bonchev–Trinajstić information content (AvgIpc) is 2.34. The largest absolute Gasteiger partial charge is 0.484 e. The molecular weight excluding hydrogens is 290 g/mol. The summed E-state index contributed by atoms with van der Waals surface area (Å²) in [5, 5.41) is 17.7. The summed E-state index contributed by atoms with van der Waals surface area (Å²) in [7, 11) is 0. The molecule has 0 heterocycles. The molecule has 2 N–H and O–H groups in total. The maximum Gasteiger partial charge on any atom is 0.323 e. The maximum atomic E-state index is 11.7. The number of aliphatic carboxylic acids is 2. The van der Waals surface area contributed by atoms with Crippen molar-refractivity contribution in [2.45, 2.75) is 0 Å². The number of amides is 1. The van der Waals surface area contributed by atoms with E-state index in [0.717, 1.165) is 0 Å². The monoisotopic (exact) mass is 301 g/mol. The quantitative estimate of drug-likeness (QED) is 0.769. The molecule has 0 spiro atoms. The molecular formula is C12H12ClNO6. The standard InChI is InChI=1S/C12H12ClNO6/c13-8-2-1-3-9(4-8)20-7-10(15)14(5-11(16)17)6-12(18)19/h1-4H,5-7H2,(H,16,17)(H,18,19). The third kappa shape index (κ3) is 5.57. The predicted molar refractivity (Wildman–Crippen MR) is 68.8 cm³/mol. The van der Waals surface area contributed by atoms with E-state index in [1.807, 2.05) is 0 Å². The molecule has 0 unspecified atom stereocenters. The van der Waals surface area contributed by atoms with E-state index in [0.29, 0.717) is 15.7 Å². The van der Waals surface area contributed by atoms with Crippen molar-refractivity contribution in [3.63, 3.8) is 0 Å². The summed E-state index contributed by atoms with van der Waals surface area (Å²) < 4.78 is 5.13. The zero-order valence-corrected chi connectivity index (χ0v) is 11.0. The van der Waals surface area contributed by atoms with Gasteiger partial charge in [0, 0.05) is 5.02 Å². The minimum atomic E-state index is -1.30. The third-order valence-corrected chi connectivity index (χ3v) is 2.40. The van der Waals surface area contributed by atoms with Crippen LogP contribution in [0.1, 0.15) is 0 Å². The summed E-state index contributed by atoms with van der Waals surface area (Å²) in [6.45, 7) is -1.88. The molecule has 0 saturated carbocycles. The van der Waals surface area contributed by atoms with Gasteiger partial charge in [-0.25, -0.2) is 0 Å². The Labute approximate surface area is 119 Å². The number of halogens is 1. The predicted octanol–water partition coefficient (Wildman–Crippen LogP) is 0.717. The number of benzene rings is 1. The zero-order valence-electron chi connectivity index (χ0n) is 10.3. The van der Waals surface area contributed by atoms with E-state index in [9.17, 15) is 14.4 Å². The molecule has 0 aliphatic rings. The van der Waals surface area contributed by atoms with Crippen molar-refractivity contribution in [3.05, 3.63) is 29.3 Å². The van der Waals surface area contributed by atoms with Gasteiger partial charge in [-0.1, -0.05) is 17.7 Å². The van der Waals surface area contributed by atoms with Gasteiger partial charge in [-0.15, -0.1) is 0 Å². The number of carbonyl (C=O) groups is 3. The van der Waals surface area contributed by atoms with Gasteiger partial charge in [-0.2, -0.15) is 0 Å². The van der Waals surface area contributed by atoms with E-state index < -0.39 is 37.5 Å². The van der Waals surface area contributed by atoms with Gasteiger partial charge >= 0.3 is 11.9 Å². The second kappa shape index (κ2) is 7.34. The van der Waals surface area contributed by atoms with E-state index in [-0.39, 0.29) is 0 Å². The van der Waals surface area contributed by atoms with Crippen LogP contribution in [0.2, 0.25) is 5.02 Å². The second-order valence-corrected chi connectivity index (χ2v) is 4.22. The molecule has 1 rings (SSSR count). The van der Waals surface area contributed by atoms with Crippen molar-refractivity contribution in [2.75, 3.05) is 19.7 Å². The molecule has 0 bridgehead atoms. The summed E-state index contributed by atoms with van der Waals surface area (Å²) >= 11 is 5.73. The molecule has 7 nitrogen and oxygen atoms in total. The molecule has 0 radical (unpaired) electrons. The molecule has 1 amide bonds. The number of rotatable bonds is 7. The van der Waals surface area contributed by atoms with E-state index >= 15 is 0 Å². The van der Waals surface area contributed by atoms with Crippen LogP contribution < -0.4 is 4.74 Å². The Hall–Kier alpha value is -2.28. The Morgan fingerprint density at radius 2 is 1.75 bits per heavy atom. The van der Waals surface area contributed by atoms with E-state index in [4.69, 9.17) is 26.6 Å². The van der Waals surface area contributed by atoms with Crippen LogP contribution in [0, 0.1) is 0 Å². The van der Waals surface area contributed by atoms with E-state index in [1.54, 1.807) is 18.2 Å². The Balaban J connectivity index is 2.61. The van der Waals surface area contributed by atoms with Gasteiger partial charge < -0.3 is 19.8 Å². The van der Waals surface area contributed by atoms with Crippen LogP contribution in [0.4, 0.5) is 0 Å². The Bertz CT molecular complexity index is 502. The Morgan fingerprint density at radius 3 is 2.25 bits per heavy atom. The smallest absolute Gasteiger partial charge is 0.323 e. The van der Waals surface area contributed by atoms with Crippen molar-refractivity contribution in [1.82, 2.24) is 4.90 Å². The number of hydrogen-bond acceptors (Lipinski definition) is 4. The molecule has 8 heteroatoms. The highest BCUT2D eigenvalue weighted by Gasteiger charge is 2.20. The lowest BCUT2D eigenvalue weighted by molar-refractivity contribution is -0.150. The molecule has 20 heavy (non-hydrogen) atoms. The van der Waals surface area contributed by atoms with Gasteiger partial charge in [0.25, 0.3) is 5.91 Å². The highest BCUT2D eigenvalue weighted by Crippen LogP contribution is 2.17. The molecule has 0 aromatic heterocycles. The molecule has 1 aromatic rings. The zero-order chi connectivity index (χ0) is 15.1. The average molecular weight is 302 g/mol. The van der Waals surface area contributed by atoms with Crippen LogP contribution in [-0.4, -0.2) is 52.7 Å². The van der Waals surface area contributed by atoms with Crippen molar-refractivity contribution < 1.29 is 29.3 Å². The summed E-state index contributed by atoms with van der Waals surface area (Å²) in [5.41, 5.74) is 0. The number of carboxylic acid groups (broad SMARTS) is 2. The Morgan fingerprint density at radius 1 is 1.15 bits per heavy atom. The summed E-state index contributed by atoms with van der Waals surface area (Å²) in [5.74, 6) is -3.02. The van der Waals surface area contributed by atoms with Crippen LogP contribution in [0.3, 0.4) is 0 Å². The SMILES string of the molecule is O=C(O)CN(CC(=O)O)C(=O)COc1cccc(Cl)c1. The summed E-state index contributed by atoms with van der Waals surface area (Å²) in [6, 6.07) is 6.29. The number of nitrogens with zero attached hydrogens (tertiary/aromatic N) is 1. The fourth-order valence-corrected chi connectivity index (χ4v) is 1.53. The van der Waals surface area contributed by atoms with Gasteiger partial charge in [0.2, 0.25) is 0 Å². The molecule has 0 fully saturated rings. The van der Waals surface area contributed by atoms with Crippen LogP contribution in [0.15, 0.2) is 24.3 Å². The van der Waals surface area contributed by atoms with Gasteiger partial charge in [-0.05, 0) is 18.2 Å². The topological polar surface area (TPSA) is 104 Å². The first-order valence-corrected chi connectivity index (χ1v) is 5.86. The number of ether oxygens (including phenoxy) is 1. The molecule has 0 aliphatic heterocycles. The van der Waals surface area contributed by atoms with E-state index in [1.165, 1.54) is 6.07 Å². The fraction of sp³-hybridized carbons (Fsp3) is 0.250. The minimum absolute atomic E-state index is 0.330. The third-order valence-electron chi connectivity index (χ3n) is 2.16. The lowest BCUT2D eigenvalue weighted by Gasteiger charge is -2.18. The molecule has 1 aromatic carbocycles. The van der Waals surface area contributed by atoms with Crippen molar-refractivity contribution in [2.24, 2.45) is 0 Å². The first-order valence-electron chi connectivity index (χ1n) is 5.48. The van der Waals surface area contributed by atoms with Crippen LogP contribution >= 0.6 is 11.6 Å². The van der Waals surface area contributed by atoms with Gasteiger partial charge in [0.15, 0.2) is 6.61 Å². The molecule has 108 valence electrons. The summed E-state index contributed by atoms with van der Waals surface area (Å²) in [6.07, 6.45) is 0. The Kier molecular flexibility index (Phi) is 5.79. The lowest BCUT2D eigenvalue weighted by Crippen LogP contribution is -2.41. The number of carbonyl (C=O) groups excluding carboxylic acids is 1. The maximum absolute atomic E-state index is 11.7. The van der Waals surface area contributed by atoms with E-state index in [2.05, 4.69) is 0 Å². The second-order valence-electron chi connectivity index (χ2n) is 3.78. The summed E-state index contributed by atoms with van der Waals surface area (Å²) in [4.78, 5) is 33.5. The number of hydrogen-bond donors (Lipinski definition) is 2. The van der Waals surface area contributed by atoms with Crippen molar-refractivity contribution >= 4 is 29.4 Å². The van der Waals surface area contributed by atoms with Gasteiger partial charge in [0.05, 0.1) is 0 Å². The first-order chi connectivity index (χ1) is 9.38. The van der Waals surface area contributed by atoms with Crippen LogP contribution in [0.25, 0.3) is 0 Å². The van der Waals surface area contributed by atoms with Crippen LogP contribution in [0.5, 0.6) is 5.75 Å². The normalized spacial score (nSPS) is 9.85. The van der Waals surface area contributed by atoms with Crippen molar-refractivity contribution in [1.29, 1.82) is 0 Å². The molecule has 0 saturated heterocycles. The lowest BCUT2D eigenvalue weighted by atomic mass is 10.3. The highest BCUT2D eigenvalue weighted by molar-refractivity contribution is 6.30. The van der Waals surface area contributed by atoms with Crippen molar-refractivity contribution in [3.8, 4) is 5.75 Å². The highest BCUT2D eigenvalue weighted by atomic mass is 35.5. The minimum Gasteiger partial charge on any atom is -0.484 e. The van der Waals surface area contributed by atoms with Gasteiger partial charge in [-0.3, -0.25) is 14.4 Å².